The SMILES string of the molecule is CCCc1ccc(S(=O)(=O)N2CCC(=O)C(CC)C2)cc1. The third-order valence-electron chi connectivity index (χ3n) is 4.08. The first-order valence-electron chi connectivity index (χ1n) is 7.60. The lowest BCUT2D eigenvalue weighted by molar-refractivity contribution is -0.125. The highest BCUT2D eigenvalue weighted by atomic mass is 32.2. The quantitative estimate of drug-likeness (QED) is 0.840. The highest BCUT2D eigenvalue weighted by Crippen LogP contribution is 2.23. The van der Waals surface area contributed by atoms with E-state index < -0.39 is 10.0 Å². The van der Waals surface area contributed by atoms with Crippen LogP contribution in [0.25, 0.3) is 0 Å². The minimum absolute atomic E-state index is 0.159. The van der Waals surface area contributed by atoms with Crippen molar-refractivity contribution in [2.24, 2.45) is 5.92 Å². The van der Waals surface area contributed by atoms with Gasteiger partial charge in [-0.3, -0.25) is 4.79 Å². The molecule has 0 spiro atoms. The van der Waals surface area contributed by atoms with Crippen molar-refractivity contribution in [3.63, 3.8) is 0 Å². The van der Waals surface area contributed by atoms with Crippen LogP contribution in [0.1, 0.15) is 38.7 Å². The molecule has 0 aromatic heterocycles. The molecule has 0 amide bonds. The number of benzene rings is 1. The largest absolute Gasteiger partial charge is 0.299 e. The van der Waals surface area contributed by atoms with Gasteiger partial charge in [0.2, 0.25) is 10.0 Å². The van der Waals surface area contributed by atoms with E-state index >= 15 is 0 Å². The Morgan fingerprint density at radius 2 is 1.86 bits per heavy atom. The molecule has 5 heteroatoms. The number of hydrogen-bond donors (Lipinski definition) is 0. The molecule has 1 aromatic rings. The zero-order valence-corrected chi connectivity index (χ0v) is 13.5. The average Bonchev–Trinajstić information content (AvgIpc) is 2.48. The molecule has 1 fully saturated rings. The standard InChI is InChI=1S/C16H23NO3S/c1-3-5-13-6-8-15(9-7-13)21(19,20)17-11-10-16(18)14(4-2)12-17/h6-9,14H,3-5,10-12H2,1-2H3. The fraction of sp³-hybridized carbons (Fsp3) is 0.562. The van der Waals surface area contributed by atoms with Crippen LogP contribution in [-0.4, -0.2) is 31.6 Å². The van der Waals surface area contributed by atoms with Crippen molar-refractivity contribution in [2.75, 3.05) is 13.1 Å². The van der Waals surface area contributed by atoms with Crippen molar-refractivity contribution in [2.45, 2.75) is 44.4 Å². The third kappa shape index (κ3) is 3.52. The fourth-order valence-corrected chi connectivity index (χ4v) is 4.20. The van der Waals surface area contributed by atoms with Crippen molar-refractivity contribution >= 4 is 15.8 Å². The van der Waals surface area contributed by atoms with Crippen LogP contribution in [0.3, 0.4) is 0 Å². The number of rotatable bonds is 5. The van der Waals surface area contributed by atoms with E-state index in [0.29, 0.717) is 30.8 Å². The van der Waals surface area contributed by atoms with Gasteiger partial charge in [0.15, 0.2) is 0 Å². The molecule has 1 aromatic carbocycles. The van der Waals surface area contributed by atoms with Gasteiger partial charge in [0.05, 0.1) is 4.90 Å². The normalized spacial score (nSPS) is 20.7. The minimum atomic E-state index is -3.48. The van der Waals surface area contributed by atoms with Crippen molar-refractivity contribution in [3.05, 3.63) is 29.8 Å². The van der Waals surface area contributed by atoms with Crippen LogP contribution in [0, 0.1) is 5.92 Å². The topological polar surface area (TPSA) is 54.5 Å². The summed E-state index contributed by atoms with van der Waals surface area (Å²) in [6, 6.07) is 7.11. The molecule has 0 bridgehead atoms. The predicted molar refractivity (Wildman–Crippen MR) is 82.6 cm³/mol. The van der Waals surface area contributed by atoms with Crippen LogP contribution >= 0.6 is 0 Å². The van der Waals surface area contributed by atoms with Crippen molar-refractivity contribution in [1.29, 1.82) is 0 Å². The van der Waals surface area contributed by atoms with E-state index in [4.69, 9.17) is 0 Å². The molecule has 1 heterocycles. The third-order valence-corrected chi connectivity index (χ3v) is 5.96. The summed E-state index contributed by atoms with van der Waals surface area (Å²) in [5, 5.41) is 0. The molecule has 21 heavy (non-hydrogen) atoms. The van der Waals surface area contributed by atoms with Gasteiger partial charge in [-0.1, -0.05) is 32.4 Å². The summed E-state index contributed by atoms with van der Waals surface area (Å²) in [5.74, 6) is 0.0233. The molecule has 0 saturated carbocycles. The van der Waals surface area contributed by atoms with Crippen molar-refractivity contribution < 1.29 is 13.2 Å². The van der Waals surface area contributed by atoms with Crippen LogP contribution in [0.4, 0.5) is 0 Å². The zero-order valence-electron chi connectivity index (χ0n) is 12.7. The first kappa shape index (κ1) is 16.2. The molecule has 0 N–H and O–H groups in total. The molecule has 1 aliphatic heterocycles. The molecular weight excluding hydrogens is 286 g/mol. The van der Waals surface area contributed by atoms with Gasteiger partial charge in [0.25, 0.3) is 0 Å². The van der Waals surface area contributed by atoms with E-state index in [9.17, 15) is 13.2 Å². The van der Waals surface area contributed by atoms with Crippen molar-refractivity contribution in [3.8, 4) is 0 Å². The Morgan fingerprint density at radius 1 is 1.19 bits per heavy atom. The zero-order chi connectivity index (χ0) is 15.5. The number of ketones is 1. The van der Waals surface area contributed by atoms with Gasteiger partial charge >= 0.3 is 0 Å². The Bertz CT molecular complexity index is 592. The maximum Gasteiger partial charge on any atom is 0.243 e. The Labute approximate surface area is 127 Å². The Kier molecular flexibility index (Phi) is 5.17. The van der Waals surface area contributed by atoms with Gasteiger partial charge in [0, 0.05) is 25.4 Å². The predicted octanol–water partition coefficient (Wildman–Crippen LogP) is 2.63. The summed E-state index contributed by atoms with van der Waals surface area (Å²) in [5.41, 5.74) is 1.15. The number of carbonyl (C=O) groups is 1. The van der Waals surface area contributed by atoms with E-state index in [1.165, 1.54) is 4.31 Å². The summed E-state index contributed by atoms with van der Waals surface area (Å²) in [7, 11) is -3.48. The molecule has 116 valence electrons. The van der Waals surface area contributed by atoms with Crippen LogP contribution in [-0.2, 0) is 21.2 Å². The number of carbonyl (C=O) groups excluding carboxylic acids is 1. The second-order valence-electron chi connectivity index (χ2n) is 5.58. The van der Waals surface area contributed by atoms with Crippen LogP contribution in [0.15, 0.2) is 29.2 Å². The summed E-state index contributed by atoms with van der Waals surface area (Å²) >= 11 is 0. The molecule has 0 aliphatic carbocycles. The maximum atomic E-state index is 12.6. The lowest BCUT2D eigenvalue weighted by Crippen LogP contribution is -2.43. The van der Waals surface area contributed by atoms with Gasteiger partial charge in [-0.25, -0.2) is 8.42 Å². The average molecular weight is 309 g/mol. The monoisotopic (exact) mass is 309 g/mol. The number of hydrogen-bond acceptors (Lipinski definition) is 3. The Hall–Kier alpha value is -1.20. The molecule has 1 aliphatic rings. The summed E-state index contributed by atoms with van der Waals surface area (Å²) in [4.78, 5) is 12.1. The van der Waals surface area contributed by atoms with E-state index in [0.717, 1.165) is 18.4 Å². The molecule has 1 atom stereocenters. The first-order valence-corrected chi connectivity index (χ1v) is 9.04. The highest BCUT2D eigenvalue weighted by Gasteiger charge is 2.33. The van der Waals surface area contributed by atoms with Gasteiger partial charge < -0.3 is 0 Å². The number of aryl methyl sites for hydroxylation is 1. The molecule has 1 saturated heterocycles. The fourth-order valence-electron chi connectivity index (χ4n) is 2.72. The van der Waals surface area contributed by atoms with E-state index in [1.54, 1.807) is 12.1 Å². The first-order chi connectivity index (χ1) is 9.98. The maximum absolute atomic E-state index is 12.6. The Morgan fingerprint density at radius 3 is 2.43 bits per heavy atom. The van der Waals surface area contributed by atoms with Gasteiger partial charge in [-0.15, -0.1) is 0 Å². The second kappa shape index (κ2) is 6.71. The summed E-state index contributed by atoms with van der Waals surface area (Å²) in [6.07, 6.45) is 3.01. The van der Waals surface area contributed by atoms with Crippen molar-refractivity contribution in [1.82, 2.24) is 4.31 Å². The molecular formula is C16H23NO3S. The molecule has 1 unspecified atom stereocenters. The number of Topliss-reactive ketones (excluding diaryl/α,β-unsaturated/α-hetero) is 1. The number of sulfonamides is 1. The lowest BCUT2D eigenvalue weighted by atomic mass is 9.96. The second-order valence-corrected chi connectivity index (χ2v) is 7.52. The minimum Gasteiger partial charge on any atom is -0.299 e. The summed E-state index contributed by atoms with van der Waals surface area (Å²) in [6.45, 7) is 4.64. The lowest BCUT2D eigenvalue weighted by Gasteiger charge is -2.30. The van der Waals surface area contributed by atoms with E-state index in [2.05, 4.69) is 6.92 Å². The van der Waals surface area contributed by atoms with Crippen LogP contribution in [0.2, 0.25) is 0 Å². The van der Waals surface area contributed by atoms with Crippen LogP contribution in [0.5, 0.6) is 0 Å². The van der Waals surface area contributed by atoms with E-state index in [-0.39, 0.29) is 11.7 Å². The van der Waals surface area contributed by atoms with Gasteiger partial charge in [-0.05, 0) is 30.5 Å². The molecule has 4 nitrogen and oxygen atoms in total. The summed E-state index contributed by atoms with van der Waals surface area (Å²) < 4.78 is 26.7. The van der Waals surface area contributed by atoms with Gasteiger partial charge in [-0.2, -0.15) is 4.31 Å². The number of piperidine rings is 1. The number of nitrogens with zero attached hydrogens (tertiary/aromatic N) is 1. The molecule has 0 radical (unpaired) electrons. The Balaban J connectivity index is 2.19. The highest BCUT2D eigenvalue weighted by molar-refractivity contribution is 7.89. The van der Waals surface area contributed by atoms with Crippen LogP contribution < -0.4 is 0 Å². The van der Waals surface area contributed by atoms with Gasteiger partial charge in [0.1, 0.15) is 5.78 Å². The van der Waals surface area contributed by atoms with E-state index in [1.807, 2.05) is 19.1 Å². The molecule has 2 rings (SSSR count). The smallest absolute Gasteiger partial charge is 0.243 e.